The molecule has 0 radical (unpaired) electrons. The van der Waals surface area contributed by atoms with Crippen molar-refractivity contribution in [2.45, 2.75) is 29.7 Å². The fraction of sp³-hybridized carbons (Fsp3) is 0.200. The van der Waals surface area contributed by atoms with E-state index in [2.05, 4.69) is 61.6 Å². The maximum atomic E-state index is 3.58. The molecule has 1 nitrogen and oxygen atoms in total. The molecule has 0 saturated heterocycles. The first-order valence-corrected chi connectivity index (χ1v) is 6.70. The average molecular weight is 241 g/mol. The molecule has 0 aromatic heterocycles. The number of anilines is 1. The highest BCUT2D eigenvalue weighted by atomic mass is 32.2. The highest BCUT2D eigenvalue weighted by Gasteiger charge is 2.19. The minimum absolute atomic E-state index is 0.362. The van der Waals surface area contributed by atoms with E-state index in [9.17, 15) is 0 Å². The van der Waals surface area contributed by atoms with Gasteiger partial charge in [-0.15, -0.1) is 0 Å². The number of para-hydroxylation sites is 1. The van der Waals surface area contributed by atoms with Crippen molar-refractivity contribution >= 4 is 17.4 Å². The molecular weight excluding hydrogens is 226 g/mol. The van der Waals surface area contributed by atoms with Crippen LogP contribution < -0.4 is 5.32 Å². The van der Waals surface area contributed by atoms with Crippen LogP contribution >= 0.6 is 11.8 Å². The second-order valence-electron chi connectivity index (χ2n) is 4.46. The number of nitrogens with one attached hydrogen (secondary N) is 1. The predicted molar refractivity (Wildman–Crippen MR) is 73.8 cm³/mol. The van der Waals surface area contributed by atoms with Crippen molar-refractivity contribution in [2.75, 3.05) is 5.32 Å². The van der Waals surface area contributed by atoms with Crippen LogP contribution in [0.3, 0.4) is 0 Å². The first kappa shape index (κ1) is 10.7. The Labute approximate surface area is 106 Å². The SMILES string of the molecule is Cc1cccc2c1Sc1ccccc1N[C@@H]2C. The number of benzene rings is 2. The summed E-state index contributed by atoms with van der Waals surface area (Å²) in [6.45, 7) is 4.41. The van der Waals surface area contributed by atoms with Crippen LogP contribution in [0.15, 0.2) is 52.3 Å². The smallest absolute Gasteiger partial charge is 0.0497 e. The van der Waals surface area contributed by atoms with Crippen LogP contribution in [0, 0.1) is 6.92 Å². The van der Waals surface area contributed by atoms with Gasteiger partial charge in [-0.1, -0.05) is 42.1 Å². The molecule has 0 spiro atoms. The number of aryl methyl sites for hydroxylation is 1. The van der Waals surface area contributed by atoms with E-state index in [-0.39, 0.29) is 0 Å². The maximum Gasteiger partial charge on any atom is 0.0497 e. The second-order valence-corrected chi connectivity index (χ2v) is 5.51. The summed E-state index contributed by atoms with van der Waals surface area (Å²) in [6, 6.07) is 15.4. The van der Waals surface area contributed by atoms with E-state index in [1.807, 2.05) is 11.8 Å². The Morgan fingerprint density at radius 3 is 2.76 bits per heavy atom. The van der Waals surface area contributed by atoms with Crippen molar-refractivity contribution in [3.63, 3.8) is 0 Å². The first-order valence-electron chi connectivity index (χ1n) is 5.88. The summed E-state index contributed by atoms with van der Waals surface area (Å²) in [5, 5.41) is 3.58. The van der Waals surface area contributed by atoms with E-state index < -0.39 is 0 Å². The first-order chi connectivity index (χ1) is 8.25. The Morgan fingerprint density at radius 2 is 1.88 bits per heavy atom. The Hall–Kier alpha value is -1.41. The maximum absolute atomic E-state index is 3.58. The molecule has 1 N–H and O–H groups in total. The lowest BCUT2D eigenvalue weighted by atomic mass is 10.1. The van der Waals surface area contributed by atoms with E-state index in [1.54, 1.807) is 0 Å². The van der Waals surface area contributed by atoms with Crippen molar-refractivity contribution in [1.82, 2.24) is 0 Å². The normalized spacial score (nSPS) is 17.6. The third-order valence-corrected chi connectivity index (χ3v) is 4.52. The Morgan fingerprint density at radius 1 is 1.06 bits per heavy atom. The molecule has 1 heterocycles. The van der Waals surface area contributed by atoms with Gasteiger partial charge in [0.25, 0.3) is 0 Å². The van der Waals surface area contributed by atoms with Crippen LogP contribution in [0.25, 0.3) is 0 Å². The summed E-state index contributed by atoms with van der Waals surface area (Å²) in [4.78, 5) is 2.71. The molecule has 1 aliphatic rings. The monoisotopic (exact) mass is 241 g/mol. The largest absolute Gasteiger partial charge is 0.378 e. The Bertz CT molecular complexity index is 563. The van der Waals surface area contributed by atoms with Crippen molar-refractivity contribution in [2.24, 2.45) is 0 Å². The summed E-state index contributed by atoms with van der Waals surface area (Å²) in [5.74, 6) is 0. The standard InChI is InChI=1S/C15H15NS/c1-10-6-5-7-12-11(2)16-13-8-3-4-9-14(13)17-15(10)12/h3-9,11,16H,1-2H3/t11-/m1/s1. The Balaban J connectivity index is 2.19. The van der Waals surface area contributed by atoms with Gasteiger partial charge < -0.3 is 5.32 Å². The topological polar surface area (TPSA) is 12.0 Å². The van der Waals surface area contributed by atoms with Gasteiger partial charge in [-0.2, -0.15) is 0 Å². The van der Waals surface area contributed by atoms with Crippen LogP contribution in [0.5, 0.6) is 0 Å². The molecule has 1 atom stereocenters. The molecule has 17 heavy (non-hydrogen) atoms. The summed E-state index contributed by atoms with van der Waals surface area (Å²) < 4.78 is 0. The van der Waals surface area contributed by atoms with Crippen LogP contribution in [0.4, 0.5) is 5.69 Å². The van der Waals surface area contributed by atoms with Gasteiger partial charge in [0.15, 0.2) is 0 Å². The molecular formula is C15H15NS. The van der Waals surface area contributed by atoms with Gasteiger partial charge in [0.05, 0.1) is 0 Å². The minimum Gasteiger partial charge on any atom is -0.378 e. The number of rotatable bonds is 0. The molecule has 1 aliphatic heterocycles. The fourth-order valence-corrected chi connectivity index (χ4v) is 3.45. The fourth-order valence-electron chi connectivity index (χ4n) is 2.25. The molecule has 2 aromatic carbocycles. The molecule has 0 unspecified atom stereocenters. The lowest BCUT2D eigenvalue weighted by Gasteiger charge is -2.15. The van der Waals surface area contributed by atoms with Crippen molar-refractivity contribution in [3.8, 4) is 0 Å². The highest BCUT2D eigenvalue weighted by Crippen LogP contribution is 2.43. The molecule has 3 rings (SSSR count). The van der Waals surface area contributed by atoms with E-state index in [1.165, 1.54) is 26.6 Å². The van der Waals surface area contributed by atoms with Crippen LogP contribution in [0.1, 0.15) is 24.1 Å². The lowest BCUT2D eigenvalue weighted by Crippen LogP contribution is -2.06. The molecule has 2 heteroatoms. The lowest BCUT2D eigenvalue weighted by molar-refractivity contribution is 0.857. The summed E-state index contributed by atoms with van der Waals surface area (Å²) in [6.07, 6.45) is 0. The second kappa shape index (κ2) is 4.11. The van der Waals surface area contributed by atoms with Crippen LogP contribution in [-0.2, 0) is 0 Å². The van der Waals surface area contributed by atoms with Crippen molar-refractivity contribution in [1.29, 1.82) is 0 Å². The molecule has 0 bridgehead atoms. The van der Waals surface area contributed by atoms with E-state index in [0.29, 0.717) is 6.04 Å². The minimum atomic E-state index is 0.362. The predicted octanol–water partition coefficient (Wildman–Crippen LogP) is 4.63. The summed E-state index contributed by atoms with van der Waals surface area (Å²) in [5.41, 5.74) is 3.99. The van der Waals surface area contributed by atoms with Crippen molar-refractivity contribution < 1.29 is 0 Å². The number of hydrogen-bond acceptors (Lipinski definition) is 2. The zero-order valence-corrected chi connectivity index (χ0v) is 10.8. The average Bonchev–Trinajstić information content (AvgIpc) is 2.47. The zero-order chi connectivity index (χ0) is 11.8. The van der Waals surface area contributed by atoms with E-state index in [4.69, 9.17) is 0 Å². The van der Waals surface area contributed by atoms with Gasteiger partial charge >= 0.3 is 0 Å². The molecule has 0 aliphatic carbocycles. The zero-order valence-electron chi connectivity index (χ0n) is 10.0. The van der Waals surface area contributed by atoms with Crippen LogP contribution in [-0.4, -0.2) is 0 Å². The van der Waals surface area contributed by atoms with Gasteiger partial charge in [0.1, 0.15) is 0 Å². The third-order valence-electron chi connectivity index (χ3n) is 3.18. The van der Waals surface area contributed by atoms with E-state index >= 15 is 0 Å². The van der Waals surface area contributed by atoms with Gasteiger partial charge in [-0.3, -0.25) is 0 Å². The molecule has 86 valence electrons. The summed E-state index contributed by atoms with van der Waals surface area (Å²) in [7, 11) is 0. The molecule has 0 fully saturated rings. The van der Waals surface area contributed by atoms with Gasteiger partial charge in [0.2, 0.25) is 0 Å². The van der Waals surface area contributed by atoms with Gasteiger partial charge in [-0.05, 0) is 37.1 Å². The summed E-state index contributed by atoms with van der Waals surface area (Å²) >= 11 is 1.87. The number of fused-ring (bicyclic) bond motifs is 2. The quantitative estimate of drug-likeness (QED) is 0.721. The Kier molecular flexibility index (Phi) is 2.60. The third kappa shape index (κ3) is 1.83. The molecule has 0 amide bonds. The van der Waals surface area contributed by atoms with Crippen LogP contribution in [0.2, 0.25) is 0 Å². The van der Waals surface area contributed by atoms with Gasteiger partial charge in [0, 0.05) is 21.5 Å². The van der Waals surface area contributed by atoms with Gasteiger partial charge in [-0.25, -0.2) is 0 Å². The van der Waals surface area contributed by atoms with Crippen molar-refractivity contribution in [3.05, 3.63) is 53.6 Å². The number of hydrogen-bond donors (Lipinski definition) is 1. The molecule has 0 saturated carbocycles. The highest BCUT2D eigenvalue weighted by molar-refractivity contribution is 7.99. The van der Waals surface area contributed by atoms with E-state index in [0.717, 1.165) is 0 Å². The molecule has 2 aromatic rings.